The summed E-state index contributed by atoms with van der Waals surface area (Å²) in [6.45, 7) is 4.14. The highest BCUT2D eigenvalue weighted by Crippen LogP contribution is 2.33. The maximum Gasteiger partial charge on any atom is 0.0511 e. The van der Waals surface area contributed by atoms with Gasteiger partial charge in [0.15, 0.2) is 0 Å². The third-order valence-electron chi connectivity index (χ3n) is 3.69. The van der Waals surface area contributed by atoms with Crippen LogP contribution in [0.3, 0.4) is 0 Å². The number of rotatable bonds is 4. The highest BCUT2D eigenvalue weighted by atomic mass is 35.5. The molecule has 1 saturated heterocycles. The fourth-order valence-electron chi connectivity index (χ4n) is 2.79. The van der Waals surface area contributed by atoms with Gasteiger partial charge < -0.3 is 10.8 Å². The molecule has 100 valence electrons. The zero-order chi connectivity index (χ0) is 13.1. The van der Waals surface area contributed by atoms with Crippen LogP contribution >= 0.6 is 11.6 Å². The first kappa shape index (κ1) is 13.8. The van der Waals surface area contributed by atoms with E-state index in [-0.39, 0.29) is 18.7 Å². The van der Waals surface area contributed by atoms with Gasteiger partial charge in [-0.25, -0.2) is 0 Å². The van der Waals surface area contributed by atoms with E-state index < -0.39 is 0 Å². The molecule has 3 atom stereocenters. The largest absolute Gasteiger partial charge is 0.396 e. The molecule has 18 heavy (non-hydrogen) atoms. The number of nitrogens with two attached hydrogens (primary N) is 1. The van der Waals surface area contributed by atoms with Crippen LogP contribution in [0.15, 0.2) is 24.3 Å². The summed E-state index contributed by atoms with van der Waals surface area (Å²) in [5.74, 6) is 0.369. The Hall–Kier alpha value is -0.610. The lowest BCUT2D eigenvalue weighted by molar-refractivity contribution is 0.185. The molecule has 1 aromatic rings. The van der Waals surface area contributed by atoms with Crippen molar-refractivity contribution in [2.45, 2.75) is 25.4 Å². The van der Waals surface area contributed by atoms with E-state index in [1.807, 2.05) is 31.2 Å². The molecule has 0 aromatic heterocycles. The molecule has 0 spiro atoms. The van der Waals surface area contributed by atoms with E-state index in [9.17, 15) is 5.11 Å². The first-order chi connectivity index (χ1) is 8.63. The first-order valence-corrected chi connectivity index (χ1v) is 6.86. The Balaban J connectivity index is 2.22. The lowest BCUT2D eigenvalue weighted by atomic mass is 9.99. The molecule has 1 aromatic carbocycles. The second-order valence-corrected chi connectivity index (χ2v) is 5.56. The lowest BCUT2D eigenvalue weighted by Crippen LogP contribution is -2.38. The van der Waals surface area contributed by atoms with Crippen molar-refractivity contribution < 1.29 is 5.11 Å². The summed E-state index contributed by atoms with van der Waals surface area (Å²) in [5.41, 5.74) is 7.23. The summed E-state index contributed by atoms with van der Waals surface area (Å²) in [6.07, 6.45) is 1.03. The molecular weight excluding hydrogens is 248 g/mol. The molecule has 1 aliphatic rings. The van der Waals surface area contributed by atoms with Crippen molar-refractivity contribution in [2.75, 3.05) is 19.7 Å². The Bertz CT molecular complexity index is 397. The van der Waals surface area contributed by atoms with Crippen LogP contribution in [0, 0.1) is 5.92 Å². The van der Waals surface area contributed by atoms with Crippen LogP contribution in [0.5, 0.6) is 0 Å². The van der Waals surface area contributed by atoms with E-state index in [1.165, 1.54) is 0 Å². The van der Waals surface area contributed by atoms with E-state index >= 15 is 0 Å². The monoisotopic (exact) mass is 268 g/mol. The van der Waals surface area contributed by atoms with Crippen LogP contribution < -0.4 is 5.73 Å². The molecular formula is C14H21ClN2O. The molecule has 1 heterocycles. The number of aliphatic hydroxyl groups is 1. The van der Waals surface area contributed by atoms with E-state index in [1.54, 1.807) is 0 Å². The average molecular weight is 269 g/mol. The van der Waals surface area contributed by atoms with Gasteiger partial charge >= 0.3 is 0 Å². The van der Waals surface area contributed by atoms with E-state index in [0.717, 1.165) is 30.1 Å². The zero-order valence-corrected chi connectivity index (χ0v) is 11.5. The molecule has 3 unspecified atom stereocenters. The normalized spacial score (nSPS) is 24.1. The minimum atomic E-state index is 0.0161. The van der Waals surface area contributed by atoms with Crippen molar-refractivity contribution in [3.63, 3.8) is 0 Å². The Morgan fingerprint density at radius 3 is 2.78 bits per heavy atom. The van der Waals surface area contributed by atoms with Crippen molar-refractivity contribution in [3.05, 3.63) is 34.9 Å². The van der Waals surface area contributed by atoms with Crippen molar-refractivity contribution in [2.24, 2.45) is 11.7 Å². The van der Waals surface area contributed by atoms with E-state index in [2.05, 4.69) is 4.90 Å². The van der Waals surface area contributed by atoms with E-state index in [4.69, 9.17) is 17.3 Å². The molecule has 3 nitrogen and oxygen atoms in total. The molecule has 2 rings (SSSR count). The summed E-state index contributed by atoms with van der Waals surface area (Å²) in [7, 11) is 0. The number of benzene rings is 1. The van der Waals surface area contributed by atoms with Crippen LogP contribution in [0.1, 0.15) is 24.9 Å². The number of nitrogens with zero attached hydrogens (tertiary/aromatic N) is 1. The first-order valence-electron chi connectivity index (χ1n) is 6.48. The maximum absolute atomic E-state index is 9.25. The molecule has 0 bridgehead atoms. The minimum Gasteiger partial charge on any atom is -0.396 e. The van der Waals surface area contributed by atoms with Crippen molar-refractivity contribution in [3.8, 4) is 0 Å². The van der Waals surface area contributed by atoms with E-state index in [0.29, 0.717) is 5.92 Å². The molecule has 0 radical (unpaired) electrons. The van der Waals surface area contributed by atoms with Gasteiger partial charge in [0.25, 0.3) is 0 Å². The molecule has 1 fully saturated rings. The maximum atomic E-state index is 9.25. The standard InChI is InChI=1S/C14H21ClN2O/c1-10(16)14(12-4-2-3-5-13(12)15)17-7-6-11(8-17)9-18/h2-5,10-11,14,18H,6-9,16H2,1H3. The Kier molecular flexibility index (Phi) is 4.62. The average Bonchev–Trinajstić information content (AvgIpc) is 2.80. The number of likely N-dealkylation sites (tertiary alicyclic amines) is 1. The fourth-order valence-corrected chi connectivity index (χ4v) is 3.04. The second kappa shape index (κ2) is 6.02. The highest BCUT2D eigenvalue weighted by Gasteiger charge is 2.31. The zero-order valence-electron chi connectivity index (χ0n) is 10.7. The summed E-state index contributed by atoms with van der Waals surface area (Å²) >= 11 is 6.28. The smallest absolute Gasteiger partial charge is 0.0511 e. The Morgan fingerprint density at radius 1 is 1.50 bits per heavy atom. The molecule has 4 heteroatoms. The van der Waals surface area contributed by atoms with Gasteiger partial charge in [0.2, 0.25) is 0 Å². The van der Waals surface area contributed by atoms with Gasteiger partial charge in [-0.3, -0.25) is 4.90 Å². The van der Waals surface area contributed by atoms with Crippen LogP contribution in [-0.4, -0.2) is 35.7 Å². The lowest BCUT2D eigenvalue weighted by Gasteiger charge is -2.32. The third-order valence-corrected chi connectivity index (χ3v) is 4.03. The minimum absolute atomic E-state index is 0.0161. The Labute approximate surface area is 114 Å². The highest BCUT2D eigenvalue weighted by molar-refractivity contribution is 6.31. The molecule has 3 N–H and O–H groups in total. The number of hydrogen-bond donors (Lipinski definition) is 2. The van der Waals surface area contributed by atoms with Crippen molar-refractivity contribution >= 4 is 11.6 Å². The van der Waals surface area contributed by atoms with Crippen LogP contribution in [0.25, 0.3) is 0 Å². The van der Waals surface area contributed by atoms with Gasteiger partial charge in [-0.2, -0.15) is 0 Å². The quantitative estimate of drug-likeness (QED) is 0.879. The molecule has 1 aliphatic heterocycles. The van der Waals surface area contributed by atoms with Crippen molar-refractivity contribution in [1.82, 2.24) is 4.90 Å². The molecule has 0 amide bonds. The molecule has 0 saturated carbocycles. The number of hydrogen-bond acceptors (Lipinski definition) is 3. The van der Waals surface area contributed by atoms with Gasteiger partial charge in [0.1, 0.15) is 0 Å². The predicted octanol–water partition coefficient (Wildman–Crippen LogP) is 2.04. The van der Waals surface area contributed by atoms with Crippen LogP contribution in [0.4, 0.5) is 0 Å². The summed E-state index contributed by atoms with van der Waals surface area (Å²) in [4.78, 5) is 2.34. The fraction of sp³-hybridized carbons (Fsp3) is 0.571. The summed E-state index contributed by atoms with van der Waals surface area (Å²) in [6, 6.07) is 8.03. The van der Waals surface area contributed by atoms with Crippen LogP contribution in [0.2, 0.25) is 5.02 Å². The van der Waals surface area contributed by atoms with Gasteiger partial charge in [-0.15, -0.1) is 0 Å². The van der Waals surface area contributed by atoms with Gasteiger partial charge in [-0.1, -0.05) is 29.8 Å². The summed E-state index contributed by atoms with van der Waals surface area (Å²) in [5, 5.41) is 10.0. The second-order valence-electron chi connectivity index (χ2n) is 5.16. The molecule has 0 aliphatic carbocycles. The van der Waals surface area contributed by atoms with Crippen molar-refractivity contribution in [1.29, 1.82) is 0 Å². The number of halogens is 1. The Morgan fingerprint density at radius 2 is 2.22 bits per heavy atom. The predicted molar refractivity (Wildman–Crippen MR) is 74.6 cm³/mol. The van der Waals surface area contributed by atoms with Gasteiger partial charge in [-0.05, 0) is 37.4 Å². The third kappa shape index (κ3) is 2.86. The van der Waals surface area contributed by atoms with Gasteiger partial charge in [0.05, 0.1) is 6.04 Å². The summed E-state index contributed by atoms with van der Waals surface area (Å²) < 4.78 is 0. The SMILES string of the molecule is CC(N)C(c1ccccc1Cl)N1CCC(CO)C1. The van der Waals surface area contributed by atoms with Crippen LogP contribution in [-0.2, 0) is 0 Å². The number of aliphatic hydroxyl groups excluding tert-OH is 1. The van der Waals surface area contributed by atoms with Gasteiger partial charge in [0, 0.05) is 24.2 Å². The topological polar surface area (TPSA) is 49.5 Å².